The van der Waals surface area contributed by atoms with Crippen LogP contribution in [-0.2, 0) is 10.4 Å². The molecule has 0 unspecified atom stereocenters. The van der Waals surface area contributed by atoms with Gasteiger partial charge in [0.1, 0.15) is 5.60 Å². The van der Waals surface area contributed by atoms with Crippen LogP contribution in [0.3, 0.4) is 0 Å². The highest BCUT2D eigenvalue weighted by atomic mass is 16.3. The van der Waals surface area contributed by atoms with Gasteiger partial charge in [-0.15, -0.1) is 0 Å². The molecule has 2 N–H and O–H groups in total. The molecule has 1 aromatic rings. The number of hydrogen-bond donors (Lipinski definition) is 2. The van der Waals surface area contributed by atoms with Crippen LogP contribution in [0, 0.1) is 18.8 Å². The van der Waals surface area contributed by atoms with Crippen molar-refractivity contribution in [1.82, 2.24) is 5.32 Å². The highest BCUT2D eigenvalue weighted by molar-refractivity contribution is 5.73. The van der Waals surface area contributed by atoms with Gasteiger partial charge in [-0.05, 0) is 24.3 Å². The van der Waals surface area contributed by atoms with E-state index in [-0.39, 0.29) is 23.8 Å². The Morgan fingerprint density at radius 1 is 1.28 bits per heavy atom. The molecule has 1 aromatic carbocycles. The van der Waals surface area contributed by atoms with Crippen LogP contribution in [0.5, 0.6) is 0 Å². The van der Waals surface area contributed by atoms with E-state index in [4.69, 9.17) is 0 Å². The third-order valence-corrected chi connectivity index (χ3v) is 4.36. The largest absolute Gasteiger partial charge is 0.383 e. The number of aliphatic hydroxyl groups is 1. The van der Waals surface area contributed by atoms with E-state index in [1.807, 2.05) is 38.1 Å². The van der Waals surface area contributed by atoms with E-state index in [9.17, 15) is 9.90 Å². The van der Waals surface area contributed by atoms with Gasteiger partial charge in [-0.1, -0.05) is 43.7 Å². The number of nitrogens with one attached hydrogen (secondary N) is 1. The Labute approximate surface area is 108 Å². The highest BCUT2D eigenvalue weighted by Gasteiger charge is 2.58. The van der Waals surface area contributed by atoms with Crippen molar-refractivity contribution in [2.24, 2.45) is 11.8 Å². The zero-order chi connectivity index (χ0) is 13.5. The van der Waals surface area contributed by atoms with Gasteiger partial charge in [0.05, 0.1) is 6.04 Å². The van der Waals surface area contributed by atoms with E-state index >= 15 is 0 Å². The SMILES string of the molecule is CC(=O)N[C@@H]1[C@@H](C)[C@H](C)[C@@]1(O)c1ccc(C)cc1. The molecule has 0 aromatic heterocycles. The van der Waals surface area contributed by atoms with Gasteiger partial charge in [-0.3, -0.25) is 4.79 Å². The second kappa shape index (κ2) is 4.39. The molecular formula is C15H21NO2. The zero-order valence-corrected chi connectivity index (χ0v) is 11.4. The van der Waals surface area contributed by atoms with Crippen LogP contribution in [0.15, 0.2) is 24.3 Å². The van der Waals surface area contributed by atoms with Crippen molar-refractivity contribution in [3.05, 3.63) is 35.4 Å². The summed E-state index contributed by atoms with van der Waals surface area (Å²) in [6, 6.07) is 7.69. The average molecular weight is 247 g/mol. The van der Waals surface area contributed by atoms with Crippen LogP contribution < -0.4 is 5.32 Å². The summed E-state index contributed by atoms with van der Waals surface area (Å²) in [7, 11) is 0. The molecule has 1 aliphatic rings. The second-order valence-electron chi connectivity index (χ2n) is 5.52. The van der Waals surface area contributed by atoms with Gasteiger partial charge in [0.25, 0.3) is 0 Å². The van der Waals surface area contributed by atoms with Gasteiger partial charge in [0, 0.05) is 6.92 Å². The predicted octanol–water partition coefficient (Wildman–Crippen LogP) is 1.97. The third-order valence-electron chi connectivity index (χ3n) is 4.36. The van der Waals surface area contributed by atoms with Crippen molar-refractivity contribution >= 4 is 5.91 Å². The van der Waals surface area contributed by atoms with Crippen LogP contribution >= 0.6 is 0 Å². The predicted molar refractivity (Wildman–Crippen MR) is 71.0 cm³/mol. The molecule has 0 bridgehead atoms. The van der Waals surface area contributed by atoms with E-state index in [0.717, 1.165) is 5.56 Å². The first kappa shape index (κ1) is 13.1. The van der Waals surface area contributed by atoms with Crippen LogP contribution in [-0.4, -0.2) is 17.1 Å². The van der Waals surface area contributed by atoms with Crippen LogP contribution in [0.2, 0.25) is 0 Å². The van der Waals surface area contributed by atoms with Crippen molar-refractivity contribution in [3.8, 4) is 0 Å². The summed E-state index contributed by atoms with van der Waals surface area (Å²) in [6.45, 7) is 7.61. The molecule has 1 aliphatic carbocycles. The maximum Gasteiger partial charge on any atom is 0.217 e. The van der Waals surface area contributed by atoms with Crippen LogP contribution in [0.4, 0.5) is 0 Å². The molecule has 0 radical (unpaired) electrons. The molecular weight excluding hydrogens is 226 g/mol. The number of hydrogen-bond acceptors (Lipinski definition) is 2. The van der Waals surface area contributed by atoms with Gasteiger partial charge in [-0.25, -0.2) is 0 Å². The number of carbonyl (C=O) groups excluding carboxylic acids is 1. The summed E-state index contributed by atoms with van der Waals surface area (Å²) < 4.78 is 0. The van der Waals surface area contributed by atoms with Gasteiger partial charge >= 0.3 is 0 Å². The first-order valence-electron chi connectivity index (χ1n) is 6.44. The van der Waals surface area contributed by atoms with E-state index in [0.29, 0.717) is 0 Å². The molecule has 3 nitrogen and oxygen atoms in total. The highest BCUT2D eigenvalue weighted by Crippen LogP contribution is 2.50. The first-order valence-corrected chi connectivity index (χ1v) is 6.44. The van der Waals surface area contributed by atoms with E-state index in [2.05, 4.69) is 12.2 Å². The topological polar surface area (TPSA) is 49.3 Å². The second-order valence-corrected chi connectivity index (χ2v) is 5.52. The van der Waals surface area contributed by atoms with Crippen LogP contribution in [0.25, 0.3) is 0 Å². The summed E-state index contributed by atoms with van der Waals surface area (Å²) in [5, 5.41) is 13.8. The number of benzene rings is 1. The molecule has 3 heteroatoms. The normalized spacial score (nSPS) is 34.8. The van der Waals surface area contributed by atoms with E-state index in [1.165, 1.54) is 12.5 Å². The first-order chi connectivity index (χ1) is 8.37. The molecule has 0 heterocycles. The Hall–Kier alpha value is -1.35. The maximum atomic E-state index is 11.3. The van der Waals surface area contributed by atoms with Gasteiger partial charge in [0.15, 0.2) is 0 Å². The summed E-state index contributed by atoms with van der Waals surface area (Å²) in [4.78, 5) is 11.3. The number of aryl methyl sites for hydroxylation is 1. The maximum absolute atomic E-state index is 11.3. The third kappa shape index (κ3) is 1.83. The van der Waals surface area contributed by atoms with Crippen molar-refractivity contribution in [1.29, 1.82) is 0 Å². The van der Waals surface area contributed by atoms with Crippen molar-refractivity contribution in [2.75, 3.05) is 0 Å². The van der Waals surface area contributed by atoms with Gasteiger partial charge < -0.3 is 10.4 Å². The fourth-order valence-corrected chi connectivity index (χ4v) is 2.98. The summed E-state index contributed by atoms with van der Waals surface area (Å²) in [5.41, 5.74) is 1.11. The molecule has 1 saturated carbocycles. The Kier molecular flexibility index (Phi) is 3.20. The Balaban J connectivity index is 2.32. The lowest BCUT2D eigenvalue weighted by molar-refractivity contribution is -0.170. The molecule has 2 rings (SSSR count). The summed E-state index contributed by atoms with van der Waals surface area (Å²) in [6.07, 6.45) is 0. The van der Waals surface area contributed by atoms with Gasteiger partial charge in [0.2, 0.25) is 5.91 Å². The minimum absolute atomic E-state index is 0.0933. The van der Waals surface area contributed by atoms with Crippen molar-refractivity contribution in [2.45, 2.75) is 39.3 Å². The zero-order valence-electron chi connectivity index (χ0n) is 11.4. The van der Waals surface area contributed by atoms with Crippen molar-refractivity contribution < 1.29 is 9.90 Å². The number of carbonyl (C=O) groups is 1. The van der Waals surface area contributed by atoms with E-state index in [1.54, 1.807) is 0 Å². The lowest BCUT2D eigenvalue weighted by atomic mass is 9.56. The standard InChI is InChI=1S/C15H21NO2/c1-9-5-7-13(8-6-9)15(18)11(3)10(2)14(15)16-12(4)17/h5-8,10-11,14,18H,1-4H3,(H,16,17)/t10-,11-,14+,15+/m0/s1. The smallest absolute Gasteiger partial charge is 0.217 e. The van der Waals surface area contributed by atoms with Crippen LogP contribution in [0.1, 0.15) is 31.9 Å². The molecule has 0 saturated heterocycles. The Bertz CT molecular complexity index is 454. The minimum Gasteiger partial charge on any atom is -0.383 e. The molecule has 1 fully saturated rings. The fourth-order valence-electron chi connectivity index (χ4n) is 2.98. The number of amides is 1. The van der Waals surface area contributed by atoms with Crippen molar-refractivity contribution in [3.63, 3.8) is 0 Å². The molecule has 98 valence electrons. The molecule has 18 heavy (non-hydrogen) atoms. The molecule has 4 atom stereocenters. The summed E-state index contributed by atoms with van der Waals surface area (Å²) >= 11 is 0. The minimum atomic E-state index is -0.946. The average Bonchev–Trinajstić information content (AvgIpc) is 2.35. The quantitative estimate of drug-likeness (QED) is 0.839. The summed E-state index contributed by atoms with van der Waals surface area (Å²) in [5.74, 6) is 0.321. The lowest BCUT2D eigenvalue weighted by Gasteiger charge is -2.56. The van der Waals surface area contributed by atoms with Gasteiger partial charge in [-0.2, -0.15) is 0 Å². The fraction of sp³-hybridized carbons (Fsp3) is 0.533. The monoisotopic (exact) mass is 247 g/mol. The van der Waals surface area contributed by atoms with E-state index < -0.39 is 5.60 Å². The molecule has 0 aliphatic heterocycles. The molecule has 1 amide bonds. The molecule has 0 spiro atoms. The number of rotatable bonds is 2. The Morgan fingerprint density at radius 3 is 2.33 bits per heavy atom. The lowest BCUT2D eigenvalue weighted by Crippen LogP contribution is -2.68. The Morgan fingerprint density at radius 2 is 1.83 bits per heavy atom.